The van der Waals surface area contributed by atoms with Crippen LogP contribution in [-0.2, 0) is 42.9 Å². The number of nitrogens with zero attached hydrogens (tertiary/aromatic N) is 4. The first-order chi connectivity index (χ1) is 28.7. The number of nitrogens with two attached hydrogens (primary N) is 3. The SMILES string of the molecule is Nc1ccc2cc3ccc(N)cc3[n+](CCCC(=O)NCCCCCCNc3nc4c(=O)[nH]c(N)nc4n3[C@@H]3O[C@H](COP(=O)(O)OP(=O)(O)OP(=O)([O-])O)[C@@H](O)[C@H]3O)c2c1. The van der Waals surface area contributed by atoms with Crippen LogP contribution in [0.4, 0.5) is 23.3 Å². The number of aliphatic hydroxyl groups is 2. The summed E-state index contributed by atoms with van der Waals surface area (Å²) in [5.74, 6) is -0.437. The number of H-pyrrole nitrogens is 1. The second-order valence-electron chi connectivity index (χ2n) is 14.1. The van der Waals surface area contributed by atoms with Crippen LogP contribution in [-0.4, -0.2) is 88.3 Å². The Hall–Kier alpha value is -4.58. The van der Waals surface area contributed by atoms with Crippen molar-refractivity contribution in [3.8, 4) is 0 Å². The van der Waals surface area contributed by atoms with Gasteiger partial charge < -0.3 is 62.4 Å². The molecule has 3 unspecified atom stereocenters. The maximum Gasteiger partial charge on any atom is 0.487 e. The van der Waals surface area contributed by atoms with Gasteiger partial charge in [0.2, 0.25) is 28.8 Å². The molecule has 1 aliphatic heterocycles. The van der Waals surface area contributed by atoms with Crippen LogP contribution < -0.4 is 42.9 Å². The molecule has 28 heteroatoms. The zero-order valence-corrected chi connectivity index (χ0v) is 34.8. The maximum atomic E-state index is 12.7. The smallest absolute Gasteiger partial charge is 0.487 e. The van der Waals surface area contributed by atoms with Crippen LogP contribution in [0.1, 0.15) is 44.8 Å². The van der Waals surface area contributed by atoms with E-state index in [0.717, 1.165) is 32.8 Å². The second-order valence-corrected chi connectivity index (χ2v) is 18.4. The highest BCUT2D eigenvalue weighted by Crippen LogP contribution is 2.65. The molecule has 4 heterocycles. The van der Waals surface area contributed by atoms with Crippen LogP contribution in [0.2, 0.25) is 0 Å². The predicted molar refractivity (Wildman–Crippen MR) is 216 cm³/mol. The van der Waals surface area contributed by atoms with E-state index in [1.807, 2.05) is 36.4 Å². The van der Waals surface area contributed by atoms with Crippen LogP contribution >= 0.6 is 23.5 Å². The number of phosphoric ester groups is 1. The summed E-state index contributed by atoms with van der Waals surface area (Å²) < 4.78 is 55.3. The van der Waals surface area contributed by atoms with Crippen molar-refractivity contribution in [2.24, 2.45) is 0 Å². The zero-order chi connectivity index (χ0) is 44.3. The molecular formula is C33H45N10O15P3. The van der Waals surface area contributed by atoms with Crippen molar-refractivity contribution in [3.05, 3.63) is 52.8 Å². The molecule has 6 rings (SSSR count). The highest BCUT2D eigenvalue weighted by atomic mass is 31.3. The molecule has 0 radical (unpaired) electrons. The van der Waals surface area contributed by atoms with Gasteiger partial charge in [-0.05, 0) is 43.2 Å². The van der Waals surface area contributed by atoms with Gasteiger partial charge in [0.25, 0.3) is 13.4 Å². The topological polar surface area (TPSA) is 399 Å². The number of carbonyl (C=O) groups excluding carboxylic acids is 1. The van der Waals surface area contributed by atoms with Crippen molar-refractivity contribution in [1.29, 1.82) is 0 Å². The highest BCUT2D eigenvalue weighted by Gasteiger charge is 2.47. The summed E-state index contributed by atoms with van der Waals surface area (Å²) in [6.07, 6.45) is -3.22. The number of aromatic amines is 1. The third-order valence-corrected chi connectivity index (χ3v) is 13.2. The number of aromatic nitrogens is 5. The number of aliphatic hydroxyl groups excluding tert-OH is 2. The number of hydrogen-bond acceptors (Lipinski definition) is 18. The van der Waals surface area contributed by atoms with E-state index in [1.54, 1.807) is 0 Å². The largest absolute Gasteiger partial charge is 0.756 e. The zero-order valence-electron chi connectivity index (χ0n) is 32.1. The monoisotopic (exact) mass is 914 g/mol. The number of amides is 1. The molecule has 14 N–H and O–H groups in total. The number of benzene rings is 2. The minimum atomic E-state index is -5.89. The molecule has 2 aromatic carbocycles. The van der Waals surface area contributed by atoms with Gasteiger partial charge in [-0.3, -0.25) is 28.2 Å². The molecule has 1 amide bonds. The number of rotatable bonds is 20. The Morgan fingerprint density at radius 2 is 1.52 bits per heavy atom. The minimum Gasteiger partial charge on any atom is -0.756 e. The average Bonchev–Trinajstić information content (AvgIpc) is 3.65. The van der Waals surface area contributed by atoms with Gasteiger partial charge in [0, 0.05) is 60.2 Å². The van der Waals surface area contributed by atoms with Crippen LogP contribution in [0.15, 0.2) is 47.3 Å². The summed E-state index contributed by atoms with van der Waals surface area (Å²) in [7, 11) is -17.4. The Balaban J connectivity index is 0.983. The van der Waals surface area contributed by atoms with Crippen molar-refractivity contribution >= 4 is 85.6 Å². The lowest BCUT2D eigenvalue weighted by Gasteiger charge is -2.21. The number of anilines is 4. The Labute approximate surface area is 345 Å². The van der Waals surface area contributed by atoms with Gasteiger partial charge in [0.1, 0.15) is 24.9 Å². The molecule has 61 heavy (non-hydrogen) atoms. The number of unbranched alkanes of at least 4 members (excludes halogenated alkanes) is 3. The number of fused-ring (bicyclic) bond motifs is 3. The van der Waals surface area contributed by atoms with E-state index in [4.69, 9.17) is 26.8 Å². The quantitative estimate of drug-likeness (QED) is 0.0165. The van der Waals surface area contributed by atoms with E-state index in [2.05, 4.69) is 49.4 Å². The Morgan fingerprint density at radius 1 is 0.885 bits per heavy atom. The van der Waals surface area contributed by atoms with Crippen LogP contribution in [0.3, 0.4) is 0 Å². The number of imidazole rings is 1. The summed E-state index contributed by atoms with van der Waals surface area (Å²) in [6.45, 7) is 0.246. The summed E-state index contributed by atoms with van der Waals surface area (Å²) in [4.78, 5) is 74.6. The summed E-state index contributed by atoms with van der Waals surface area (Å²) in [5, 5.41) is 29.7. The molecule has 0 aliphatic carbocycles. The first-order valence-electron chi connectivity index (χ1n) is 18.7. The summed E-state index contributed by atoms with van der Waals surface area (Å²) >= 11 is 0. The van der Waals surface area contributed by atoms with Gasteiger partial charge in [-0.15, -0.1) is 0 Å². The van der Waals surface area contributed by atoms with Crippen LogP contribution in [0, 0.1) is 0 Å². The molecule has 0 bridgehead atoms. The minimum absolute atomic E-state index is 0.0362. The lowest BCUT2D eigenvalue weighted by molar-refractivity contribution is -0.645. The third-order valence-electron chi connectivity index (χ3n) is 9.47. The van der Waals surface area contributed by atoms with Crippen molar-refractivity contribution in [1.82, 2.24) is 24.8 Å². The summed E-state index contributed by atoms with van der Waals surface area (Å²) in [6, 6.07) is 13.5. The van der Waals surface area contributed by atoms with E-state index in [-0.39, 0.29) is 35.5 Å². The lowest BCUT2D eigenvalue weighted by atomic mass is 10.1. The Bertz CT molecular complexity index is 2560. The molecule has 0 spiro atoms. The van der Waals surface area contributed by atoms with E-state index in [9.17, 15) is 48.2 Å². The van der Waals surface area contributed by atoms with Crippen LogP contribution in [0.25, 0.3) is 33.0 Å². The molecule has 1 aliphatic rings. The number of aryl methyl sites for hydroxylation is 1. The molecule has 25 nitrogen and oxygen atoms in total. The van der Waals surface area contributed by atoms with Crippen molar-refractivity contribution in [3.63, 3.8) is 0 Å². The first-order valence-corrected chi connectivity index (χ1v) is 23.2. The fourth-order valence-electron chi connectivity index (χ4n) is 6.80. The van der Waals surface area contributed by atoms with Gasteiger partial charge in [-0.1, -0.05) is 12.8 Å². The van der Waals surface area contributed by atoms with Gasteiger partial charge in [0.15, 0.2) is 17.4 Å². The van der Waals surface area contributed by atoms with Crippen molar-refractivity contribution < 1.29 is 70.7 Å². The standard InChI is InChI=1S/C33H45N10O15P3/c34-20-9-7-18-14-19-8-10-21(35)16-23(19)42(22(18)15-20)13-5-6-25(44)37-11-3-1-2-4-12-38-33-39-26-29(40-32(36)41-30(26)47)43(33)31-28(46)27(45)24(56-31)17-55-60(51,52)58-61(53,54)57-59(48,49)50/h7-10,14-16,24,27-28,31,45-46H,1-6,11-13,17H2,(H12,34,35,36,37,38,39,40,41,44,47,48,49,50,51,52,53,54)/t24-,27-,28-,31-/m1/s1. The molecule has 1 saturated heterocycles. The van der Waals surface area contributed by atoms with Crippen molar-refractivity contribution in [2.75, 3.05) is 42.2 Å². The molecule has 1 fully saturated rings. The number of nitrogens with one attached hydrogen (secondary N) is 3. The maximum absolute atomic E-state index is 12.7. The molecular weight excluding hydrogens is 869 g/mol. The first kappa shape index (κ1) is 45.9. The highest BCUT2D eigenvalue weighted by molar-refractivity contribution is 7.66. The second kappa shape index (κ2) is 18.8. The van der Waals surface area contributed by atoms with Crippen molar-refractivity contribution in [2.45, 2.75) is 69.6 Å². The average molecular weight is 915 g/mol. The predicted octanol–water partition coefficient (Wildman–Crippen LogP) is 0.360. The molecule has 3 aromatic heterocycles. The number of hydrogen-bond donors (Lipinski definition) is 11. The van der Waals surface area contributed by atoms with E-state index in [1.165, 1.54) is 0 Å². The number of phosphoric acid groups is 3. The van der Waals surface area contributed by atoms with Gasteiger partial charge in [0.05, 0.1) is 6.61 Å². The summed E-state index contributed by atoms with van der Waals surface area (Å²) in [5.41, 5.74) is 20.0. The molecule has 332 valence electrons. The van der Waals surface area contributed by atoms with Gasteiger partial charge in [-0.25, -0.2) is 18.4 Å². The number of ether oxygens (including phenoxy) is 1. The van der Waals surface area contributed by atoms with Gasteiger partial charge >= 0.3 is 15.6 Å². The van der Waals surface area contributed by atoms with E-state index >= 15 is 0 Å². The lowest BCUT2D eigenvalue weighted by Crippen LogP contribution is -2.36. The van der Waals surface area contributed by atoms with Crippen LogP contribution in [0.5, 0.6) is 0 Å². The number of nitrogen functional groups attached to an aromatic ring is 3. The molecule has 0 saturated carbocycles. The fourth-order valence-corrected chi connectivity index (χ4v) is 9.80. The number of pyridine rings is 1. The van der Waals surface area contributed by atoms with E-state index in [0.29, 0.717) is 56.6 Å². The molecule has 5 aromatic rings. The fraction of sp³-hybridized carbons (Fsp3) is 0.424. The number of carbonyl (C=O) groups is 1. The van der Waals surface area contributed by atoms with Gasteiger partial charge in [-0.2, -0.15) is 13.9 Å². The molecule has 7 atom stereocenters. The Kier molecular flexibility index (Phi) is 14.2. The Morgan fingerprint density at radius 3 is 2.16 bits per heavy atom. The normalized spacial score (nSPS) is 21.0. The third kappa shape index (κ3) is 11.7. The van der Waals surface area contributed by atoms with E-state index < -0.39 is 60.2 Å².